The van der Waals surface area contributed by atoms with Crippen LogP contribution in [0.15, 0.2) is 43.0 Å². The number of hydrogen-bond donors (Lipinski definition) is 1. The number of carbonyl (C=O) groups excluding carboxylic acids is 3. The van der Waals surface area contributed by atoms with Crippen LogP contribution in [-0.2, 0) is 25.5 Å². The highest BCUT2D eigenvalue weighted by molar-refractivity contribution is 5.96. The van der Waals surface area contributed by atoms with Crippen molar-refractivity contribution in [2.45, 2.75) is 44.2 Å². The summed E-state index contributed by atoms with van der Waals surface area (Å²) in [5.74, 6) is -1.55. The quantitative estimate of drug-likeness (QED) is 0.525. The maximum absolute atomic E-state index is 12.8. The third kappa shape index (κ3) is 5.17. The molecule has 1 aliphatic heterocycles. The van der Waals surface area contributed by atoms with Crippen molar-refractivity contribution < 1.29 is 29.0 Å². The molecule has 0 aromatic heterocycles. The molecule has 1 heterocycles. The summed E-state index contributed by atoms with van der Waals surface area (Å²) < 4.78 is 9.93. The van der Waals surface area contributed by atoms with Crippen LogP contribution in [0.4, 0.5) is 4.79 Å². The number of cyclic esters (lactones) is 1. The number of nitrogens with zero attached hydrogens (tertiary/aromatic N) is 1. The molecule has 0 bridgehead atoms. The molecule has 0 aliphatic carbocycles. The molecule has 7 heteroatoms. The van der Waals surface area contributed by atoms with Crippen LogP contribution in [0, 0.1) is 0 Å². The number of rotatable bonds is 9. The van der Waals surface area contributed by atoms with Crippen molar-refractivity contribution in [2.24, 2.45) is 0 Å². The first-order chi connectivity index (χ1) is 12.9. The van der Waals surface area contributed by atoms with Gasteiger partial charge in [0.25, 0.3) is 0 Å². The van der Waals surface area contributed by atoms with E-state index in [0.717, 1.165) is 10.5 Å². The topological polar surface area (TPSA) is 93.1 Å². The predicted octanol–water partition coefficient (Wildman–Crippen LogP) is 2.23. The zero-order chi connectivity index (χ0) is 19.9. The van der Waals surface area contributed by atoms with E-state index in [1.165, 1.54) is 6.08 Å². The van der Waals surface area contributed by atoms with Crippen molar-refractivity contribution in [3.05, 3.63) is 48.6 Å². The number of amides is 2. The fourth-order valence-corrected chi connectivity index (χ4v) is 3.01. The van der Waals surface area contributed by atoms with Crippen molar-refractivity contribution in [3.63, 3.8) is 0 Å². The molecule has 1 fully saturated rings. The van der Waals surface area contributed by atoms with Crippen LogP contribution in [-0.4, -0.2) is 52.8 Å². The second kappa shape index (κ2) is 9.32. The molecule has 2 amide bonds. The van der Waals surface area contributed by atoms with Gasteiger partial charge in [-0.3, -0.25) is 4.79 Å². The van der Waals surface area contributed by atoms with Gasteiger partial charge in [0, 0.05) is 0 Å². The summed E-state index contributed by atoms with van der Waals surface area (Å²) in [6.07, 6.45) is 0.948. The Morgan fingerprint density at radius 2 is 2.11 bits per heavy atom. The predicted molar refractivity (Wildman–Crippen MR) is 97.8 cm³/mol. The SMILES string of the molecule is C=CCC[C@@](O)(CC(=O)N1C(=O)OC[C@H]1Cc1ccccc1)C(=O)OCC. The van der Waals surface area contributed by atoms with Crippen LogP contribution in [0.5, 0.6) is 0 Å². The van der Waals surface area contributed by atoms with Crippen molar-refractivity contribution in [1.82, 2.24) is 4.90 Å². The number of esters is 1. The van der Waals surface area contributed by atoms with Crippen LogP contribution in [0.3, 0.4) is 0 Å². The van der Waals surface area contributed by atoms with Gasteiger partial charge < -0.3 is 14.6 Å². The lowest BCUT2D eigenvalue weighted by atomic mass is 9.92. The Balaban J connectivity index is 2.14. The second-order valence-electron chi connectivity index (χ2n) is 6.44. The molecule has 0 saturated carbocycles. The third-order valence-electron chi connectivity index (χ3n) is 4.40. The summed E-state index contributed by atoms with van der Waals surface area (Å²) in [5.41, 5.74) is -1.06. The van der Waals surface area contributed by atoms with Gasteiger partial charge in [-0.15, -0.1) is 6.58 Å². The Kier molecular flexibility index (Phi) is 7.12. The third-order valence-corrected chi connectivity index (χ3v) is 4.40. The van der Waals surface area contributed by atoms with Gasteiger partial charge in [-0.2, -0.15) is 0 Å². The van der Waals surface area contributed by atoms with E-state index in [-0.39, 0.29) is 19.6 Å². The molecule has 146 valence electrons. The van der Waals surface area contributed by atoms with Crippen LogP contribution in [0.2, 0.25) is 0 Å². The molecule has 2 rings (SSSR count). The molecular formula is C20H25NO6. The van der Waals surface area contributed by atoms with Crippen LogP contribution >= 0.6 is 0 Å². The van der Waals surface area contributed by atoms with Gasteiger partial charge in [0.2, 0.25) is 5.91 Å². The molecule has 1 aliphatic rings. The molecule has 1 aromatic rings. The lowest BCUT2D eigenvalue weighted by Crippen LogP contribution is -2.48. The number of aliphatic hydroxyl groups is 1. The zero-order valence-electron chi connectivity index (χ0n) is 15.4. The smallest absolute Gasteiger partial charge is 0.416 e. The Bertz CT molecular complexity index is 689. The van der Waals surface area contributed by atoms with Gasteiger partial charge in [0.15, 0.2) is 5.60 Å². The monoisotopic (exact) mass is 375 g/mol. The van der Waals surface area contributed by atoms with Gasteiger partial charge in [-0.25, -0.2) is 14.5 Å². The first-order valence-electron chi connectivity index (χ1n) is 8.94. The summed E-state index contributed by atoms with van der Waals surface area (Å²) >= 11 is 0. The minimum absolute atomic E-state index is 0.0205. The Labute approximate surface area is 158 Å². The highest BCUT2D eigenvalue weighted by Gasteiger charge is 2.45. The van der Waals surface area contributed by atoms with Crippen molar-refractivity contribution in [3.8, 4) is 0 Å². The molecule has 1 N–H and O–H groups in total. The molecule has 1 saturated heterocycles. The first-order valence-corrected chi connectivity index (χ1v) is 8.94. The summed E-state index contributed by atoms with van der Waals surface area (Å²) in [7, 11) is 0. The maximum Gasteiger partial charge on any atom is 0.416 e. The largest absolute Gasteiger partial charge is 0.464 e. The maximum atomic E-state index is 12.8. The minimum Gasteiger partial charge on any atom is -0.464 e. The Morgan fingerprint density at radius 3 is 2.74 bits per heavy atom. The number of ether oxygens (including phenoxy) is 2. The summed E-state index contributed by atoms with van der Waals surface area (Å²) in [4.78, 5) is 38.0. The van der Waals surface area contributed by atoms with E-state index >= 15 is 0 Å². The van der Waals surface area contributed by atoms with Crippen molar-refractivity contribution in [1.29, 1.82) is 0 Å². The molecule has 2 atom stereocenters. The van der Waals surface area contributed by atoms with Gasteiger partial charge in [0.05, 0.1) is 19.1 Å². The molecule has 0 unspecified atom stereocenters. The molecule has 0 radical (unpaired) electrons. The average Bonchev–Trinajstić information content (AvgIpc) is 3.01. The van der Waals surface area contributed by atoms with Crippen LogP contribution < -0.4 is 0 Å². The van der Waals surface area contributed by atoms with E-state index in [1.54, 1.807) is 6.92 Å². The number of benzene rings is 1. The van der Waals surface area contributed by atoms with E-state index in [9.17, 15) is 19.5 Å². The molecular weight excluding hydrogens is 350 g/mol. The average molecular weight is 375 g/mol. The highest BCUT2D eigenvalue weighted by Crippen LogP contribution is 2.25. The second-order valence-corrected chi connectivity index (χ2v) is 6.44. The van der Waals surface area contributed by atoms with E-state index in [4.69, 9.17) is 9.47 Å². The molecule has 7 nitrogen and oxygen atoms in total. The molecule has 1 aromatic carbocycles. The fourth-order valence-electron chi connectivity index (χ4n) is 3.01. The van der Waals surface area contributed by atoms with Crippen molar-refractivity contribution in [2.75, 3.05) is 13.2 Å². The first kappa shape index (κ1) is 20.6. The van der Waals surface area contributed by atoms with E-state index in [0.29, 0.717) is 12.8 Å². The van der Waals surface area contributed by atoms with Gasteiger partial charge in [-0.05, 0) is 31.7 Å². The highest BCUT2D eigenvalue weighted by atomic mass is 16.6. The van der Waals surface area contributed by atoms with Gasteiger partial charge >= 0.3 is 12.1 Å². The lowest BCUT2D eigenvalue weighted by molar-refractivity contribution is -0.169. The fraction of sp³-hybridized carbons (Fsp3) is 0.450. The summed E-state index contributed by atoms with van der Waals surface area (Å²) in [6, 6.07) is 8.91. The van der Waals surface area contributed by atoms with Crippen molar-refractivity contribution >= 4 is 18.0 Å². The molecule has 0 spiro atoms. The Morgan fingerprint density at radius 1 is 1.41 bits per heavy atom. The number of imide groups is 1. The standard InChI is InChI=1S/C20H25NO6/c1-3-5-11-20(25,18(23)26-4-2)13-17(22)21-16(14-27-19(21)24)12-15-9-7-6-8-10-15/h3,6-10,16,25H,1,4-5,11-14H2,2H3/t16-,20-/m1/s1. The lowest BCUT2D eigenvalue weighted by Gasteiger charge is -2.27. The summed E-state index contributed by atoms with van der Waals surface area (Å²) in [5, 5.41) is 10.7. The number of allylic oxidation sites excluding steroid dienone is 1. The normalized spacial score (nSPS) is 18.5. The number of hydrogen-bond acceptors (Lipinski definition) is 6. The zero-order valence-corrected chi connectivity index (χ0v) is 15.4. The number of carbonyl (C=O) groups is 3. The molecule has 27 heavy (non-hydrogen) atoms. The van der Waals surface area contributed by atoms with E-state index in [1.807, 2.05) is 30.3 Å². The van der Waals surface area contributed by atoms with E-state index < -0.39 is 36.0 Å². The summed E-state index contributed by atoms with van der Waals surface area (Å²) in [6.45, 7) is 5.33. The van der Waals surface area contributed by atoms with Gasteiger partial charge in [0.1, 0.15) is 6.61 Å². The van der Waals surface area contributed by atoms with Gasteiger partial charge in [-0.1, -0.05) is 36.4 Å². The van der Waals surface area contributed by atoms with E-state index in [2.05, 4.69) is 6.58 Å². The minimum atomic E-state index is -2.01. The van der Waals surface area contributed by atoms with Crippen LogP contribution in [0.25, 0.3) is 0 Å². The van der Waals surface area contributed by atoms with Crippen LogP contribution in [0.1, 0.15) is 31.7 Å². The Hall–Kier alpha value is -2.67.